The number of hydrogen-bond donors (Lipinski definition) is 1. The normalized spacial score (nSPS) is 16.6. The Bertz CT molecular complexity index is 639. The van der Waals surface area contributed by atoms with Gasteiger partial charge in [-0.1, -0.05) is 42.1 Å². The molecule has 0 aliphatic carbocycles. The van der Waals surface area contributed by atoms with Gasteiger partial charge in [0, 0.05) is 0 Å². The molecule has 0 saturated carbocycles. The van der Waals surface area contributed by atoms with Crippen LogP contribution in [0.1, 0.15) is 28.7 Å². The molecule has 6 heteroatoms. The van der Waals surface area contributed by atoms with Gasteiger partial charge in [-0.2, -0.15) is 0 Å². The minimum atomic E-state index is -0.354. The molecule has 0 fully saturated rings. The van der Waals surface area contributed by atoms with Crippen molar-refractivity contribution in [2.24, 2.45) is 0 Å². The Morgan fingerprint density at radius 2 is 2.20 bits per heavy atom. The van der Waals surface area contributed by atoms with E-state index in [1.165, 1.54) is 0 Å². The molecule has 1 aromatic heterocycles. The molecule has 1 unspecified atom stereocenters. The lowest BCUT2D eigenvalue weighted by Gasteiger charge is -2.09. The van der Waals surface area contributed by atoms with Crippen molar-refractivity contribution >= 4 is 17.7 Å². The van der Waals surface area contributed by atoms with E-state index in [1.54, 1.807) is 16.4 Å². The molecule has 1 aliphatic heterocycles. The lowest BCUT2D eigenvalue weighted by atomic mass is 10.2. The van der Waals surface area contributed by atoms with Crippen molar-refractivity contribution in [1.29, 1.82) is 0 Å². The number of fused-ring (bicyclic) bond motifs is 1. The van der Waals surface area contributed by atoms with E-state index in [2.05, 4.69) is 10.4 Å². The van der Waals surface area contributed by atoms with Crippen molar-refractivity contribution in [1.82, 2.24) is 9.66 Å². The van der Waals surface area contributed by atoms with Crippen molar-refractivity contribution in [3.8, 4) is 0 Å². The molecule has 0 spiro atoms. The summed E-state index contributed by atoms with van der Waals surface area (Å²) in [5.74, 6) is -0.354. The zero-order valence-corrected chi connectivity index (χ0v) is 12.1. The Labute approximate surface area is 121 Å². The highest BCUT2D eigenvalue weighted by Gasteiger charge is 2.28. The fourth-order valence-corrected chi connectivity index (χ4v) is 3.01. The van der Waals surface area contributed by atoms with Gasteiger partial charge < -0.3 is 10.2 Å². The van der Waals surface area contributed by atoms with E-state index in [4.69, 9.17) is 4.74 Å². The number of aryl methyl sites for hydroxylation is 1. The molecule has 20 heavy (non-hydrogen) atoms. The first-order valence-electron chi connectivity index (χ1n) is 6.39. The number of hydrogen-bond acceptors (Lipinski definition) is 5. The number of carbonyl (C=O) groups excluding carboxylic acids is 1. The monoisotopic (exact) mass is 289 g/mol. The van der Waals surface area contributed by atoms with Gasteiger partial charge in [0.1, 0.15) is 6.61 Å². The third-order valence-corrected chi connectivity index (χ3v) is 3.96. The van der Waals surface area contributed by atoms with Crippen molar-refractivity contribution in [2.45, 2.75) is 31.0 Å². The Morgan fingerprint density at radius 1 is 1.45 bits per heavy atom. The van der Waals surface area contributed by atoms with E-state index in [1.807, 2.05) is 44.2 Å². The Morgan fingerprint density at radius 3 is 2.95 bits per heavy atom. The van der Waals surface area contributed by atoms with Crippen LogP contribution in [0.3, 0.4) is 0 Å². The van der Waals surface area contributed by atoms with E-state index >= 15 is 0 Å². The zero-order chi connectivity index (χ0) is 14.1. The average Bonchev–Trinajstić information content (AvgIpc) is 2.91. The van der Waals surface area contributed by atoms with Crippen LogP contribution in [0.15, 0.2) is 35.5 Å². The molecule has 1 N–H and O–H groups in total. The lowest BCUT2D eigenvalue weighted by Crippen LogP contribution is -2.21. The van der Waals surface area contributed by atoms with Gasteiger partial charge >= 0.3 is 5.97 Å². The van der Waals surface area contributed by atoms with Gasteiger partial charge in [-0.05, 0) is 19.4 Å². The highest BCUT2D eigenvalue weighted by atomic mass is 32.2. The van der Waals surface area contributed by atoms with Crippen LogP contribution in [-0.2, 0) is 11.3 Å². The van der Waals surface area contributed by atoms with E-state index < -0.39 is 0 Å². The summed E-state index contributed by atoms with van der Waals surface area (Å²) in [5, 5.41) is 1.01. The second kappa shape index (κ2) is 5.20. The first kappa shape index (κ1) is 13.1. The van der Waals surface area contributed by atoms with Crippen molar-refractivity contribution in [3.63, 3.8) is 0 Å². The van der Waals surface area contributed by atoms with Crippen LogP contribution in [0.2, 0.25) is 0 Å². The Hall–Kier alpha value is -1.95. The Balaban J connectivity index is 1.75. The average molecular weight is 289 g/mol. The van der Waals surface area contributed by atoms with Gasteiger partial charge in [0.05, 0.1) is 11.1 Å². The van der Waals surface area contributed by atoms with Crippen LogP contribution in [0, 0.1) is 6.92 Å². The molecule has 0 bridgehead atoms. The molecular formula is C14H15N3O2S. The summed E-state index contributed by atoms with van der Waals surface area (Å²) in [6.45, 7) is 4.10. The van der Waals surface area contributed by atoms with Crippen LogP contribution in [-0.4, -0.2) is 21.0 Å². The van der Waals surface area contributed by atoms with Crippen LogP contribution < -0.4 is 5.43 Å². The van der Waals surface area contributed by atoms with Gasteiger partial charge in [0.15, 0.2) is 10.9 Å². The quantitative estimate of drug-likeness (QED) is 0.880. The summed E-state index contributed by atoms with van der Waals surface area (Å²) in [4.78, 5) is 16.6. The third-order valence-electron chi connectivity index (χ3n) is 3.02. The van der Waals surface area contributed by atoms with Crippen LogP contribution in [0.25, 0.3) is 0 Å². The van der Waals surface area contributed by atoms with Gasteiger partial charge in [-0.25, -0.2) is 14.5 Å². The number of carbonyl (C=O) groups is 1. The number of aromatic nitrogens is 2. The fourth-order valence-electron chi connectivity index (χ4n) is 2.10. The fraction of sp³-hybridized carbons (Fsp3) is 0.286. The number of imidazole rings is 1. The maximum atomic E-state index is 12.2. The van der Waals surface area contributed by atoms with E-state index in [9.17, 15) is 4.79 Å². The highest BCUT2D eigenvalue weighted by molar-refractivity contribution is 8.00. The minimum Gasteiger partial charge on any atom is -0.456 e. The first-order valence-corrected chi connectivity index (χ1v) is 7.26. The number of ether oxygens (including phenoxy) is 1. The Kier molecular flexibility index (Phi) is 3.40. The van der Waals surface area contributed by atoms with Crippen LogP contribution in [0.4, 0.5) is 0 Å². The molecule has 0 saturated heterocycles. The van der Waals surface area contributed by atoms with E-state index in [0.717, 1.165) is 10.7 Å². The van der Waals surface area contributed by atoms with E-state index in [0.29, 0.717) is 11.4 Å². The number of rotatable bonds is 3. The maximum Gasteiger partial charge on any atom is 0.359 e. The zero-order valence-electron chi connectivity index (χ0n) is 11.3. The van der Waals surface area contributed by atoms with Crippen molar-refractivity contribution in [2.75, 3.05) is 5.43 Å². The predicted octanol–water partition coefficient (Wildman–Crippen LogP) is 2.54. The number of nitrogens with zero attached hydrogens (tertiary/aromatic N) is 2. The van der Waals surface area contributed by atoms with Gasteiger partial charge in [0.25, 0.3) is 0 Å². The minimum absolute atomic E-state index is 0.207. The summed E-state index contributed by atoms with van der Waals surface area (Å²) >= 11 is 1.59. The molecular weight excluding hydrogens is 274 g/mol. The number of thioether (sulfide) groups is 1. The molecule has 3 rings (SSSR count). The molecule has 0 radical (unpaired) electrons. The molecule has 1 aliphatic rings. The third kappa shape index (κ3) is 2.38. The second-order valence-corrected chi connectivity index (χ2v) is 5.92. The van der Waals surface area contributed by atoms with E-state index in [-0.39, 0.29) is 18.0 Å². The topological polar surface area (TPSA) is 56.2 Å². The summed E-state index contributed by atoms with van der Waals surface area (Å²) in [7, 11) is 0. The van der Waals surface area contributed by atoms with Crippen molar-refractivity contribution < 1.29 is 9.53 Å². The summed E-state index contributed by atoms with van der Waals surface area (Å²) < 4.78 is 7.09. The number of esters is 1. The molecule has 1 atom stereocenters. The molecule has 2 aromatic rings. The molecule has 1 aromatic carbocycles. The summed E-state index contributed by atoms with van der Waals surface area (Å²) in [6.07, 6.45) is 0. The SMILES string of the molecule is Cc1nc2n(c1C(=O)OCc1ccccc1)NC(C)S2. The smallest absolute Gasteiger partial charge is 0.359 e. The largest absolute Gasteiger partial charge is 0.456 e. The van der Waals surface area contributed by atoms with Gasteiger partial charge in [-0.3, -0.25) is 0 Å². The predicted molar refractivity (Wildman–Crippen MR) is 77.2 cm³/mol. The maximum absolute atomic E-state index is 12.2. The summed E-state index contributed by atoms with van der Waals surface area (Å²) in [6, 6.07) is 9.63. The highest BCUT2D eigenvalue weighted by Crippen LogP contribution is 2.30. The van der Waals surface area contributed by atoms with Crippen LogP contribution >= 0.6 is 11.8 Å². The first-order chi connectivity index (χ1) is 9.65. The second-order valence-electron chi connectivity index (χ2n) is 4.61. The van der Waals surface area contributed by atoms with Gasteiger partial charge in [0.2, 0.25) is 0 Å². The number of nitrogens with one attached hydrogen (secondary N) is 1. The number of benzene rings is 1. The molecule has 104 valence electrons. The molecule has 0 amide bonds. The standard InChI is InChI=1S/C14H15N3O2S/c1-9-12(17-14(15-9)20-10(2)16-17)13(18)19-8-11-6-4-3-5-7-11/h3-7,10,16H,8H2,1-2H3. The molecule has 5 nitrogen and oxygen atoms in total. The van der Waals surface area contributed by atoms with Crippen LogP contribution in [0.5, 0.6) is 0 Å². The lowest BCUT2D eigenvalue weighted by molar-refractivity contribution is 0.0460. The summed E-state index contributed by atoms with van der Waals surface area (Å²) in [5.41, 5.74) is 5.31. The molecule has 2 heterocycles. The van der Waals surface area contributed by atoms with Gasteiger partial charge in [-0.15, -0.1) is 0 Å². The van der Waals surface area contributed by atoms with Crippen molar-refractivity contribution in [3.05, 3.63) is 47.3 Å².